The van der Waals surface area contributed by atoms with Gasteiger partial charge in [-0.3, -0.25) is 8.75 Å². The van der Waals surface area contributed by atoms with Gasteiger partial charge in [-0.2, -0.15) is 8.42 Å². The Morgan fingerprint density at radius 3 is 2.21 bits per heavy atom. The van der Waals surface area contributed by atoms with E-state index in [0.29, 0.717) is 6.42 Å². The Balaban J connectivity index is 2.99. The molecule has 1 heterocycles. The van der Waals surface area contributed by atoms with Gasteiger partial charge in [-0.1, -0.05) is 13.8 Å². The van der Waals surface area contributed by atoms with Gasteiger partial charge in [0, 0.05) is 12.4 Å². The lowest BCUT2D eigenvalue weighted by molar-refractivity contribution is 0.0518. The second-order valence-corrected chi connectivity index (χ2v) is 17.2. The van der Waals surface area contributed by atoms with E-state index in [-0.39, 0.29) is 42.7 Å². The summed E-state index contributed by atoms with van der Waals surface area (Å²) in [5.74, 6) is -1.06. The monoisotopic (exact) mass is 472 g/mol. The maximum Gasteiger partial charge on any atom is 0.360 e. The Kier molecular flexibility index (Phi) is 9.65. The SMILES string of the molecule is B[C@@H]1O[C@H](CC(OS(C)(=O)=O)P(=O)(OCC)OCC)C[C@@H]1CC(C)(C)[Si](C)(C)O. The quantitative estimate of drug-likeness (QED) is 0.262. The zero-order valence-corrected chi connectivity index (χ0v) is 21.7. The first-order chi connectivity index (χ1) is 13.0. The number of hydrogen-bond donors (Lipinski definition) is 1. The van der Waals surface area contributed by atoms with E-state index in [2.05, 4.69) is 13.8 Å². The highest BCUT2D eigenvalue weighted by Gasteiger charge is 2.46. The van der Waals surface area contributed by atoms with Crippen LogP contribution in [0.25, 0.3) is 0 Å². The lowest BCUT2D eigenvalue weighted by Crippen LogP contribution is -2.41. The van der Waals surface area contributed by atoms with Crippen molar-refractivity contribution in [2.45, 2.75) is 83.0 Å². The standard InChI is InChI=1S/C17H38BO8PSSi/c1-8-23-27(19,24-9-2)15(26-28(5,20)21)11-14-10-13(16(18)25-14)12-17(3,4)29(6,7)22/h13-16,22H,8-12,18H2,1-7H3/t13-,14+,15?,16-/m1/s1. The number of hydrogen-bond acceptors (Lipinski definition) is 8. The molecule has 0 bridgehead atoms. The fraction of sp³-hybridized carbons (Fsp3) is 1.00. The lowest BCUT2D eigenvalue weighted by atomic mass is 9.80. The summed E-state index contributed by atoms with van der Waals surface area (Å²) in [4.78, 5) is 10.6. The van der Waals surface area contributed by atoms with Crippen molar-refractivity contribution in [3.63, 3.8) is 0 Å². The van der Waals surface area contributed by atoms with E-state index >= 15 is 0 Å². The summed E-state index contributed by atoms with van der Waals surface area (Å²) in [5, 5.41) is -0.196. The first-order valence-corrected chi connectivity index (χ1v) is 16.6. The summed E-state index contributed by atoms with van der Waals surface area (Å²) >= 11 is 0. The van der Waals surface area contributed by atoms with Gasteiger partial charge in [0.05, 0.1) is 25.6 Å². The van der Waals surface area contributed by atoms with E-state index in [1.165, 1.54) is 0 Å². The molecule has 1 fully saturated rings. The molecule has 1 aliphatic heterocycles. The molecule has 0 aromatic rings. The first kappa shape index (κ1) is 27.3. The van der Waals surface area contributed by atoms with Gasteiger partial charge in [-0.15, -0.1) is 0 Å². The second-order valence-electron chi connectivity index (χ2n) is 8.97. The van der Waals surface area contributed by atoms with Crippen LogP contribution in [0.5, 0.6) is 0 Å². The molecule has 0 spiro atoms. The molecule has 172 valence electrons. The molecule has 0 saturated carbocycles. The molecule has 29 heavy (non-hydrogen) atoms. The van der Waals surface area contributed by atoms with E-state index in [9.17, 15) is 17.8 Å². The molecule has 1 saturated heterocycles. The molecule has 1 N–H and O–H groups in total. The van der Waals surface area contributed by atoms with Crippen LogP contribution in [0.2, 0.25) is 18.1 Å². The van der Waals surface area contributed by atoms with Crippen LogP contribution in [0.4, 0.5) is 0 Å². The summed E-state index contributed by atoms with van der Waals surface area (Å²) < 4.78 is 58.6. The molecule has 0 radical (unpaired) electrons. The Morgan fingerprint density at radius 2 is 1.79 bits per heavy atom. The van der Waals surface area contributed by atoms with Crippen molar-refractivity contribution in [1.82, 2.24) is 0 Å². The highest BCUT2D eigenvalue weighted by molar-refractivity contribution is 7.86. The van der Waals surface area contributed by atoms with Crippen LogP contribution in [0.3, 0.4) is 0 Å². The molecule has 4 atom stereocenters. The van der Waals surface area contributed by atoms with Crippen molar-refractivity contribution in [3.05, 3.63) is 0 Å². The fourth-order valence-corrected chi connectivity index (χ4v) is 7.27. The van der Waals surface area contributed by atoms with Crippen LogP contribution in [0.1, 0.15) is 47.0 Å². The van der Waals surface area contributed by atoms with Crippen LogP contribution < -0.4 is 0 Å². The lowest BCUT2D eigenvalue weighted by Gasteiger charge is -2.37. The average Bonchev–Trinajstić information content (AvgIpc) is 2.83. The summed E-state index contributed by atoms with van der Waals surface area (Å²) in [5.41, 5.74) is 0. The van der Waals surface area contributed by atoms with Crippen molar-refractivity contribution < 1.29 is 35.7 Å². The fourth-order valence-electron chi connectivity index (χ4n) is 3.52. The maximum atomic E-state index is 13.2. The van der Waals surface area contributed by atoms with E-state index in [1.807, 2.05) is 20.9 Å². The van der Waals surface area contributed by atoms with Gasteiger partial charge in [-0.05, 0) is 50.7 Å². The summed E-state index contributed by atoms with van der Waals surface area (Å²) in [7, 11) is -8.06. The molecule has 0 amide bonds. The highest BCUT2D eigenvalue weighted by Crippen LogP contribution is 2.56. The zero-order chi connectivity index (χ0) is 22.7. The van der Waals surface area contributed by atoms with Crippen LogP contribution in [-0.4, -0.2) is 66.8 Å². The molecule has 1 rings (SSSR count). The Labute approximate surface area is 178 Å². The van der Waals surface area contributed by atoms with Gasteiger partial charge in [0.1, 0.15) is 7.85 Å². The normalized spacial score (nSPS) is 25.3. The van der Waals surface area contributed by atoms with Crippen LogP contribution >= 0.6 is 7.60 Å². The zero-order valence-electron chi connectivity index (χ0n) is 19.0. The second kappa shape index (κ2) is 10.3. The summed E-state index contributed by atoms with van der Waals surface area (Å²) in [6.07, 6.45) is 2.13. The minimum absolute atomic E-state index is 0.0620. The van der Waals surface area contributed by atoms with Gasteiger partial charge in [0.15, 0.2) is 14.2 Å². The van der Waals surface area contributed by atoms with Crippen molar-refractivity contribution in [2.75, 3.05) is 19.5 Å². The van der Waals surface area contributed by atoms with Crippen molar-refractivity contribution in [2.24, 2.45) is 5.92 Å². The smallest absolute Gasteiger partial charge is 0.360 e. The molecule has 12 heteroatoms. The third-order valence-electron chi connectivity index (χ3n) is 5.79. The van der Waals surface area contributed by atoms with Gasteiger partial charge in [0.2, 0.25) is 0 Å². The van der Waals surface area contributed by atoms with Gasteiger partial charge < -0.3 is 18.6 Å². The van der Waals surface area contributed by atoms with Crippen LogP contribution in [0.15, 0.2) is 0 Å². The minimum atomic E-state index is -3.88. The highest BCUT2D eigenvalue weighted by atomic mass is 32.2. The van der Waals surface area contributed by atoms with E-state index in [1.54, 1.807) is 13.8 Å². The third-order valence-corrected chi connectivity index (χ3v) is 12.3. The van der Waals surface area contributed by atoms with Crippen molar-refractivity contribution >= 4 is 33.9 Å². The predicted molar refractivity (Wildman–Crippen MR) is 119 cm³/mol. The van der Waals surface area contributed by atoms with E-state index in [0.717, 1.165) is 12.7 Å². The van der Waals surface area contributed by atoms with Crippen LogP contribution in [0, 0.1) is 5.92 Å². The van der Waals surface area contributed by atoms with Gasteiger partial charge in [-0.25, -0.2) is 0 Å². The van der Waals surface area contributed by atoms with E-state index < -0.39 is 31.9 Å². The molecule has 1 unspecified atom stereocenters. The van der Waals surface area contributed by atoms with Crippen molar-refractivity contribution in [1.29, 1.82) is 0 Å². The summed E-state index contributed by atoms with van der Waals surface area (Å²) in [6, 6.07) is -0.0620. The number of rotatable bonds is 12. The molecule has 1 aliphatic rings. The van der Waals surface area contributed by atoms with Crippen LogP contribution in [-0.2, 0) is 32.7 Å². The third kappa shape index (κ3) is 8.03. The van der Waals surface area contributed by atoms with E-state index in [4.69, 9.17) is 18.0 Å². The molecular weight excluding hydrogens is 434 g/mol. The van der Waals surface area contributed by atoms with Crippen molar-refractivity contribution in [3.8, 4) is 0 Å². The molecule has 8 nitrogen and oxygen atoms in total. The minimum Gasteiger partial charge on any atom is -0.432 e. The topological polar surface area (TPSA) is 108 Å². The Hall–Kier alpha value is 0.262. The molecule has 0 aromatic heterocycles. The largest absolute Gasteiger partial charge is 0.432 e. The van der Waals surface area contributed by atoms with Gasteiger partial charge >= 0.3 is 7.60 Å². The molecule has 0 aliphatic carbocycles. The maximum absolute atomic E-state index is 13.2. The Morgan fingerprint density at radius 1 is 1.28 bits per heavy atom. The first-order valence-electron chi connectivity index (χ1n) is 10.2. The Bertz CT molecular complexity index is 671. The molecular formula is C17H38BO8PSSi. The molecule has 0 aromatic carbocycles. The van der Waals surface area contributed by atoms with Gasteiger partial charge in [0.25, 0.3) is 10.1 Å². The average molecular weight is 472 g/mol. The number of ether oxygens (including phenoxy) is 1. The predicted octanol–water partition coefficient (Wildman–Crippen LogP) is 2.68. The summed E-state index contributed by atoms with van der Waals surface area (Å²) in [6.45, 7) is 11.6.